The highest BCUT2D eigenvalue weighted by molar-refractivity contribution is 5.96. The van der Waals surface area contributed by atoms with Crippen LogP contribution in [0.15, 0.2) is 91.0 Å². The van der Waals surface area contributed by atoms with Crippen LogP contribution in [0.4, 0.5) is 5.69 Å². The minimum absolute atomic E-state index is 0.172. The molecule has 0 radical (unpaired) electrons. The van der Waals surface area contributed by atoms with E-state index in [1.54, 1.807) is 12.1 Å². The van der Waals surface area contributed by atoms with Crippen LogP contribution in [0.3, 0.4) is 0 Å². The summed E-state index contributed by atoms with van der Waals surface area (Å²) in [6.07, 6.45) is 0.693. The molecule has 0 atom stereocenters. The second-order valence-corrected chi connectivity index (χ2v) is 6.83. The van der Waals surface area contributed by atoms with Gasteiger partial charge in [-0.05, 0) is 35.7 Å². The Kier molecular flexibility index (Phi) is 5.80. The molecule has 0 saturated carbocycles. The zero-order valence-electron chi connectivity index (χ0n) is 16.2. The van der Waals surface area contributed by atoms with Crippen molar-refractivity contribution in [2.24, 2.45) is 0 Å². The number of para-hydroxylation sites is 2. The maximum absolute atomic E-state index is 12.4. The van der Waals surface area contributed by atoms with Crippen molar-refractivity contribution in [1.82, 2.24) is 4.98 Å². The SMILES string of the molecule is O=C(COC(=O)c1ccc2ccccc2n1)Nc1ccccc1Cc1ccccc1. The van der Waals surface area contributed by atoms with Gasteiger partial charge in [-0.25, -0.2) is 9.78 Å². The summed E-state index contributed by atoms with van der Waals surface area (Å²) in [5, 5.41) is 3.76. The highest BCUT2D eigenvalue weighted by Crippen LogP contribution is 2.19. The Hall–Kier alpha value is -3.99. The molecule has 0 saturated heterocycles. The van der Waals surface area contributed by atoms with Crippen LogP contribution in [-0.2, 0) is 16.0 Å². The standard InChI is InChI=1S/C25H20N2O3/c28-24(17-30-25(29)23-15-14-19-10-4-6-12-21(19)26-23)27-22-13-7-5-11-20(22)16-18-8-2-1-3-9-18/h1-15H,16-17H2,(H,27,28). The summed E-state index contributed by atoms with van der Waals surface area (Å²) >= 11 is 0. The molecule has 0 aliphatic carbocycles. The molecule has 5 heteroatoms. The van der Waals surface area contributed by atoms with E-state index in [1.165, 1.54) is 0 Å². The highest BCUT2D eigenvalue weighted by atomic mass is 16.5. The Balaban J connectivity index is 1.38. The molecule has 0 aliphatic heterocycles. The van der Waals surface area contributed by atoms with Gasteiger partial charge in [-0.1, -0.05) is 72.8 Å². The summed E-state index contributed by atoms with van der Waals surface area (Å²) < 4.78 is 5.16. The Morgan fingerprint density at radius 2 is 1.53 bits per heavy atom. The Morgan fingerprint density at radius 1 is 0.800 bits per heavy atom. The number of rotatable bonds is 6. The molecule has 4 rings (SSSR count). The van der Waals surface area contributed by atoms with E-state index in [-0.39, 0.29) is 12.3 Å². The summed E-state index contributed by atoms with van der Waals surface area (Å²) in [6.45, 7) is -0.382. The summed E-state index contributed by atoms with van der Waals surface area (Å²) in [4.78, 5) is 28.9. The zero-order valence-corrected chi connectivity index (χ0v) is 16.2. The van der Waals surface area contributed by atoms with E-state index in [4.69, 9.17) is 4.74 Å². The number of benzene rings is 3. The number of amides is 1. The van der Waals surface area contributed by atoms with Gasteiger partial charge in [0, 0.05) is 11.1 Å². The molecule has 0 spiro atoms. The number of aromatic nitrogens is 1. The number of nitrogens with zero attached hydrogens (tertiary/aromatic N) is 1. The molecule has 0 fully saturated rings. The molecule has 148 valence electrons. The van der Waals surface area contributed by atoms with E-state index >= 15 is 0 Å². The number of fused-ring (bicyclic) bond motifs is 1. The van der Waals surface area contributed by atoms with Gasteiger partial charge in [0.2, 0.25) is 0 Å². The topological polar surface area (TPSA) is 68.3 Å². The van der Waals surface area contributed by atoms with Gasteiger partial charge < -0.3 is 10.1 Å². The molecule has 4 aromatic rings. The van der Waals surface area contributed by atoms with Gasteiger partial charge >= 0.3 is 5.97 Å². The lowest BCUT2D eigenvalue weighted by Crippen LogP contribution is -2.22. The fourth-order valence-corrected chi connectivity index (χ4v) is 3.18. The number of pyridine rings is 1. The van der Waals surface area contributed by atoms with Gasteiger partial charge in [0.1, 0.15) is 5.69 Å². The number of hydrogen-bond acceptors (Lipinski definition) is 4. The maximum atomic E-state index is 12.4. The summed E-state index contributed by atoms with van der Waals surface area (Å²) in [6, 6.07) is 28.5. The van der Waals surface area contributed by atoms with Crippen molar-refractivity contribution >= 4 is 28.5 Å². The smallest absolute Gasteiger partial charge is 0.357 e. The van der Waals surface area contributed by atoms with Crippen molar-refractivity contribution in [1.29, 1.82) is 0 Å². The number of nitrogens with one attached hydrogen (secondary N) is 1. The van der Waals surface area contributed by atoms with Gasteiger partial charge in [-0.2, -0.15) is 0 Å². The number of ether oxygens (including phenoxy) is 1. The second kappa shape index (κ2) is 9.01. The quantitative estimate of drug-likeness (QED) is 0.483. The molecule has 5 nitrogen and oxygen atoms in total. The van der Waals surface area contributed by atoms with Crippen molar-refractivity contribution in [3.63, 3.8) is 0 Å². The molecule has 1 amide bonds. The molecule has 0 unspecified atom stereocenters. The second-order valence-electron chi connectivity index (χ2n) is 6.83. The molecule has 1 heterocycles. The first-order valence-corrected chi connectivity index (χ1v) is 9.63. The van der Waals surface area contributed by atoms with Crippen LogP contribution in [0.5, 0.6) is 0 Å². The van der Waals surface area contributed by atoms with Crippen LogP contribution in [0, 0.1) is 0 Å². The lowest BCUT2D eigenvalue weighted by Gasteiger charge is -2.11. The van der Waals surface area contributed by atoms with E-state index < -0.39 is 11.9 Å². The molecule has 30 heavy (non-hydrogen) atoms. The third-order valence-corrected chi connectivity index (χ3v) is 4.67. The molecule has 0 bridgehead atoms. The maximum Gasteiger partial charge on any atom is 0.357 e. The predicted molar refractivity (Wildman–Crippen MR) is 116 cm³/mol. The van der Waals surface area contributed by atoms with Gasteiger partial charge in [0.15, 0.2) is 6.61 Å². The number of anilines is 1. The average molecular weight is 396 g/mol. The van der Waals surface area contributed by atoms with Crippen molar-refractivity contribution < 1.29 is 14.3 Å². The van der Waals surface area contributed by atoms with Crippen LogP contribution in [0.1, 0.15) is 21.6 Å². The fourth-order valence-electron chi connectivity index (χ4n) is 3.18. The number of carbonyl (C=O) groups excluding carboxylic acids is 2. The van der Waals surface area contributed by atoms with E-state index in [1.807, 2.05) is 78.9 Å². The molecule has 1 N–H and O–H groups in total. The van der Waals surface area contributed by atoms with Gasteiger partial charge in [0.25, 0.3) is 5.91 Å². The van der Waals surface area contributed by atoms with E-state index in [0.29, 0.717) is 17.6 Å². The largest absolute Gasteiger partial charge is 0.451 e. The summed E-state index contributed by atoms with van der Waals surface area (Å²) in [5.74, 6) is -1.03. The average Bonchev–Trinajstić information content (AvgIpc) is 2.79. The lowest BCUT2D eigenvalue weighted by molar-refractivity contribution is -0.119. The summed E-state index contributed by atoms with van der Waals surface area (Å²) in [5.41, 5.74) is 3.70. The van der Waals surface area contributed by atoms with Gasteiger partial charge in [0.05, 0.1) is 5.52 Å². The first kappa shape index (κ1) is 19.3. The number of esters is 1. The molecule has 3 aromatic carbocycles. The summed E-state index contributed by atoms with van der Waals surface area (Å²) in [7, 11) is 0. The Bertz CT molecular complexity index is 1190. The lowest BCUT2D eigenvalue weighted by atomic mass is 10.0. The molecule has 1 aromatic heterocycles. The number of carbonyl (C=O) groups is 2. The van der Waals surface area contributed by atoms with Gasteiger partial charge in [-0.3, -0.25) is 4.79 Å². The van der Waals surface area contributed by atoms with Crippen LogP contribution in [0.25, 0.3) is 10.9 Å². The first-order valence-electron chi connectivity index (χ1n) is 9.63. The van der Waals surface area contributed by atoms with E-state index in [9.17, 15) is 9.59 Å². The minimum Gasteiger partial charge on any atom is -0.451 e. The van der Waals surface area contributed by atoms with Crippen molar-refractivity contribution in [2.45, 2.75) is 6.42 Å². The Morgan fingerprint density at radius 3 is 2.40 bits per heavy atom. The zero-order chi connectivity index (χ0) is 20.8. The first-order chi connectivity index (χ1) is 14.7. The van der Waals surface area contributed by atoms with Crippen LogP contribution in [0.2, 0.25) is 0 Å². The van der Waals surface area contributed by atoms with Crippen molar-refractivity contribution in [2.75, 3.05) is 11.9 Å². The third-order valence-electron chi connectivity index (χ3n) is 4.67. The predicted octanol–water partition coefficient (Wildman–Crippen LogP) is 4.62. The van der Waals surface area contributed by atoms with E-state index in [0.717, 1.165) is 16.5 Å². The van der Waals surface area contributed by atoms with E-state index in [2.05, 4.69) is 10.3 Å². The van der Waals surface area contributed by atoms with Crippen LogP contribution < -0.4 is 5.32 Å². The van der Waals surface area contributed by atoms with Crippen molar-refractivity contribution in [3.8, 4) is 0 Å². The Labute approximate surface area is 174 Å². The normalized spacial score (nSPS) is 10.5. The van der Waals surface area contributed by atoms with Crippen LogP contribution >= 0.6 is 0 Å². The van der Waals surface area contributed by atoms with Crippen molar-refractivity contribution in [3.05, 3.63) is 108 Å². The minimum atomic E-state index is -0.631. The number of hydrogen-bond donors (Lipinski definition) is 1. The van der Waals surface area contributed by atoms with Crippen LogP contribution in [-0.4, -0.2) is 23.5 Å². The highest BCUT2D eigenvalue weighted by Gasteiger charge is 2.13. The molecule has 0 aliphatic rings. The molecular weight excluding hydrogens is 376 g/mol. The monoisotopic (exact) mass is 396 g/mol. The third kappa shape index (κ3) is 4.70. The fraction of sp³-hybridized carbons (Fsp3) is 0.0800. The molecular formula is C25H20N2O3. The van der Waals surface area contributed by atoms with Gasteiger partial charge in [-0.15, -0.1) is 0 Å².